The number of nitrogens with one attached hydrogen (secondary N) is 2. The van der Waals surface area contributed by atoms with Crippen LogP contribution in [0, 0.1) is 0 Å². The van der Waals surface area contributed by atoms with E-state index in [1.807, 2.05) is 0 Å². The first-order chi connectivity index (χ1) is 10.9. The molecule has 7 heteroatoms. The number of sulfonamides is 1. The van der Waals surface area contributed by atoms with Crippen molar-refractivity contribution in [2.24, 2.45) is 0 Å². The molecule has 0 heterocycles. The van der Waals surface area contributed by atoms with Gasteiger partial charge in [-0.25, -0.2) is 13.1 Å². The number of anilines is 1. The predicted octanol–water partition coefficient (Wildman–Crippen LogP) is 1.81. The Hall–Kier alpha value is -2.51. The van der Waals surface area contributed by atoms with Gasteiger partial charge in [0.1, 0.15) is 0 Å². The smallest absolute Gasteiger partial charge is 0.241 e. The number of carbonyl (C=O) groups excluding carboxylic acids is 2. The van der Waals surface area contributed by atoms with Gasteiger partial charge >= 0.3 is 0 Å². The van der Waals surface area contributed by atoms with Crippen LogP contribution < -0.4 is 10.0 Å². The molecule has 0 saturated carbocycles. The maximum atomic E-state index is 12.0. The van der Waals surface area contributed by atoms with Crippen LogP contribution in [0.25, 0.3) is 0 Å². The summed E-state index contributed by atoms with van der Waals surface area (Å²) in [4.78, 5) is 23.2. The number of benzene rings is 2. The first-order valence-electron chi connectivity index (χ1n) is 6.84. The lowest BCUT2D eigenvalue weighted by Crippen LogP contribution is -2.32. The monoisotopic (exact) mass is 332 g/mol. The standard InChI is InChI=1S/C16H16N2O4S/c1-12(19)13-6-5-7-14(10-13)18-16(20)11-17-23(21,22)15-8-3-2-4-9-15/h2-10,17H,11H2,1H3,(H,18,20). The SMILES string of the molecule is CC(=O)c1cccc(NC(=O)CNS(=O)(=O)c2ccccc2)c1. The van der Waals surface area contributed by atoms with Gasteiger partial charge in [0.25, 0.3) is 0 Å². The average Bonchev–Trinajstić information content (AvgIpc) is 2.54. The van der Waals surface area contributed by atoms with Gasteiger partial charge < -0.3 is 5.32 Å². The Morgan fingerprint density at radius 2 is 1.70 bits per heavy atom. The first-order valence-corrected chi connectivity index (χ1v) is 8.32. The van der Waals surface area contributed by atoms with Crippen molar-refractivity contribution in [2.45, 2.75) is 11.8 Å². The van der Waals surface area contributed by atoms with Crippen LogP contribution in [-0.2, 0) is 14.8 Å². The highest BCUT2D eigenvalue weighted by atomic mass is 32.2. The quantitative estimate of drug-likeness (QED) is 0.789. The Balaban J connectivity index is 1.98. The minimum atomic E-state index is -3.73. The van der Waals surface area contributed by atoms with E-state index in [2.05, 4.69) is 10.0 Å². The molecule has 0 bridgehead atoms. The van der Waals surface area contributed by atoms with Crippen LogP contribution in [0.3, 0.4) is 0 Å². The lowest BCUT2D eigenvalue weighted by Gasteiger charge is -2.08. The van der Waals surface area contributed by atoms with Crippen LogP contribution in [0.2, 0.25) is 0 Å². The lowest BCUT2D eigenvalue weighted by molar-refractivity contribution is -0.115. The van der Waals surface area contributed by atoms with Gasteiger partial charge in [-0.3, -0.25) is 9.59 Å². The van der Waals surface area contributed by atoms with Crippen molar-refractivity contribution in [3.05, 3.63) is 60.2 Å². The predicted molar refractivity (Wildman–Crippen MR) is 86.7 cm³/mol. The minimum Gasteiger partial charge on any atom is -0.325 e. The summed E-state index contributed by atoms with van der Waals surface area (Å²) < 4.78 is 26.2. The number of hydrogen-bond acceptors (Lipinski definition) is 4. The highest BCUT2D eigenvalue weighted by Gasteiger charge is 2.15. The number of hydrogen-bond donors (Lipinski definition) is 2. The van der Waals surface area contributed by atoms with Crippen molar-refractivity contribution in [3.8, 4) is 0 Å². The van der Waals surface area contributed by atoms with E-state index in [-0.39, 0.29) is 10.7 Å². The largest absolute Gasteiger partial charge is 0.325 e. The zero-order chi connectivity index (χ0) is 16.9. The first kappa shape index (κ1) is 16.9. The molecule has 2 aromatic carbocycles. The van der Waals surface area contributed by atoms with Gasteiger partial charge in [0.15, 0.2) is 5.78 Å². The second-order valence-electron chi connectivity index (χ2n) is 4.82. The van der Waals surface area contributed by atoms with Crippen molar-refractivity contribution in [2.75, 3.05) is 11.9 Å². The molecule has 0 atom stereocenters. The van der Waals surface area contributed by atoms with Gasteiger partial charge in [-0.2, -0.15) is 0 Å². The molecule has 2 aromatic rings. The molecule has 2 rings (SSSR count). The molecule has 6 nitrogen and oxygen atoms in total. The fourth-order valence-electron chi connectivity index (χ4n) is 1.86. The highest BCUT2D eigenvalue weighted by Crippen LogP contribution is 2.11. The fraction of sp³-hybridized carbons (Fsp3) is 0.125. The summed E-state index contributed by atoms with van der Waals surface area (Å²) >= 11 is 0. The molecule has 0 radical (unpaired) electrons. The molecular weight excluding hydrogens is 316 g/mol. The maximum Gasteiger partial charge on any atom is 0.241 e. The van der Waals surface area contributed by atoms with Crippen LogP contribution in [-0.4, -0.2) is 26.7 Å². The molecule has 0 fully saturated rings. The Kier molecular flexibility index (Phi) is 5.25. The molecule has 0 saturated heterocycles. The number of rotatable bonds is 6. The number of Topliss-reactive ketones (excluding diaryl/α,β-unsaturated/α-hetero) is 1. The summed E-state index contributed by atoms with van der Waals surface area (Å²) in [5, 5.41) is 2.54. The van der Waals surface area contributed by atoms with Gasteiger partial charge in [-0.15, -0.1) is 0 Å². The molecule has 0 aliphatic carbocycles. The van der Waals surface area contributed by atoms with Crippen LogP contribution in [0.1, 0.15) is 17.3 Å². The maximum absolute atomic E-state index is 12.0. The van der Waals surface area contributed by atoms with Crippen molar-refractivity contribution in [1.82, 2.24) is 4.72 Å². The Bertz CT molecular complexity index is 817. The number of amides is 1. The normalized spacial score (nSPS) is 11.0. The molecule has 0 unspecified atom stereocenters. The zero-order valence-electron chi connectivity index (χ0n) is 12.4. The number of carbonyl (C=O) groups is 2. The van der Waals surface area contributed by atoms with E-state index in [4.69, 9.17) is 0 Å². The summed E-state index contributed by atoms with van der Waals surface area (Å²) in [6.07, 6.45) is 0. The molecular formula is C16H16N2O4S. The molecule has 0 aromatic heterocycles. The van der Waals surface area contributed by atoms with Crippen molar-refractivity contribution < 1.29 is 18.0 Å². The summed E-state index contributed by atoms with van der Waals surface area (Å²) in [6, 6.07) is 14.2. The molecule has 0 aliphatic rings. The molecule has 0 aliphatic heterocycles. The number of ketones is 1. The average molecular weight is 332 g/mol. The molecule has 0 spiro atoms. The third-order valence-electron chi connectivity index (χ3n) is 3.03. The van der Waals surface area contributed by atoms with Gasteiger partial charge in [0, 0.05) is 11.3 Å². The van der Waals surface area contributed by atoms with Gasteiger partial charge in [0.05, 0.1) is 11.4 Å². The van der Waals surface area contributed by atoms with E-state index < -0.39 is 22.5 Å². The topological polar surface area (TPSA) is 92.3 Å². The Morgan fingerprint density at radius 1 is 1.00 bits per heavy atom. The molecule has 1 amide bonds. The van der Waals surface area contributed by atoms with E-state index in [9.17, 15) is 18.0 Å². The van der Waals surface area contributed by atoms with Crippen LogP contribution >= 0.6 is 0 Å². The van der Waals surface area contributed by atoms with E-state index in [1.165, 1.54) is 25.1 Å². The summed E-state index contributed by atoms with van der Waals surface area (Å²) in [7, 11) is -3.73. The molecule has 120 valence electrons. The van der Waals surface area contributed by atoms with E-state index in [0.29, 0.717) is 11.3 Å². The van der Waals surface area contributed by atoms with Gasteiger partial charge in [-0.1, -0.05) is 30.3 Å². The zero-order valence-corrected chi connectivity index (χ0v) is 13.3. The van der Waals surface area contributed by atoms with E-state index in [0.717, 1.165) is 0 Å². The summed E-state index contributed by atoms with van der Waals surface area (Å²) in [5.74, 6) is -0.643. The van der Waals surface area contributed by atoms with E-state index >= 15 is 0 Å². The second kappa shape index (κ2) is 7.17. The Labute approximate surface area is 134 Å². The van der Waals surface area contributed by atoms with Crippen molar-refractivity contribution >= 4 is 27.4 Å². The van der Waals surface area contributed by atoms with Gasteiger partial charge in [-0.05, 0) is 31.2 Å². The Morgan fingerprint density at radius 3 is 2.35 bits per heavy atom. The lowest BCUT2D eigenvalue weighted by atomic mass is 10.1. The van der Waals surface area contributed by atoms with Crippen LogP contribution in [0.15, 0.2) is 59.5 Å². The fourth-order valence-corrected chi connectivity index (χ4v) is 2.87. The van der Waals surface area contributed by atoms with Crippen molar-refractivity contribution in [1.29, 1.82) is 0 Å². The summed E-state index contributed by atoms with van der Waals surface area (Å²) in [5.41, 5.74) is 0.897. The van der Waals surface area contributed by atoms with Crippen LogP contribution in [0.4, 0.5) is 5.69 Å². The van der Waals surface area contributed by atoms with Crippen LogP contribution in [0.5, 0.6) is 0 Å². The minimum absolute atomic E-state index is 0.0892. The van der Waals surface area contributed by atoms with E-state index in [1.54, 1.807) is 36.4 Å². The second-order valence-corrected chi connectivity index (χ2v) is 6.59. The highest BCUT2D eigenvalue weighted by molar-refractivity contribution is 7.89. The summed E-state index contributed by atoms with van der Waals surface area (Å²) in [6.45, 7) is 1.02. The third kappa shape index (κ3) is 4.73. The van der Waals surface area contributed by atoms with Gasteiger partial charge in [0.2, 0.25) is 15.9 Å². The molecule has 23 heavy (non-hydrogen) atoms. The van der Waals surface area contributed by atoms with Crippen molar-refractivity contribution in [3.63, 3.8) is 0 Å². The third-order valence-corrected chi connectivity index (χ3v) is 4.45. The molecule has 2 N–H and O–H groups in total.